The van der Waals surface area contributed by atoms with Gasteiger partial charge in [-0.1, -0.05) is 6.92 Å². The molecule has 116 valence electrons. The van der Waals surface area contributed by atoms with E-state index in [4.69, 9.17) is 16.2 Å². The van der Waals surface area contributed by atoms with E-state index < -0.39 is 11.5 Å². The summed E-state index contributed by atoms with van der Waals surface area (Å²) in [6.45, 7) is 6.53. The van der Waals surface area contributed by atoms with E-state index in [1.165, 1.54) is 0 Å². The Morgan fingerprint density at radius 2 is 2.00 bits per heavy atom. The van der Waals surface area contributed by atoms with Gasteiger partial charge in [-0.05, 0) is 45.4 Å². The van der Waals surface area contributed by atoms with Crippen molar-refractivity contribution in [3.8, 4) is 0 Å². The van der Waals surface area contributed by atoms with Crippen molar-refractivity contribution in [3.63, 3.8) is 0 Å². The molecule has 6 heteroatoms. The largest absolute Gasteiger partial charge is 0.383 e. The molecule has 1 amide bonds. The van der Waals surface area contributed by atoms with Crippen molar-refractivity contribution in [3.05, 3.63) is 17.1 Å². The molecule has 1 heterocycles. The van der Waals surface area contributed by atoms with E-state index >= 15 is 0 Å². The number of hydrogen-bond acceptors (Lipinski definition) is 5. The number of rotatable bonds is 4. The second-order valence-corrected chi connectivity index (χ2v) is 5.87. The van der Waals surface area contributed by atoms with Crippen molar-refractivity contribution in [1.82, 2.24) is 9.97 Å². The molecule has 1 aliphatic rings. The zero-order valence-electron chi connectivity index (χ0n) is 13.0. The van der Waals surface area contributed by atoms with Gasteiger partial charge in [0.25, 0.3) is 5.91 Å². The van der Waals surface area contributed by atoms with Crippen LogP contribution in [0.15, 0.2) is 0 Å². The monoisotopic (exact) mass is 292 g/mol. The lowest BCUT2D eigenvalue weighted by Gasteiger charge is -2.38. The lowest BCUT2D eigenvalue weighted by Crippen LogP contribution is -2.37. The number of primary amides is 1. The molecule has 6 nitrogen and oxygen atoms in total. The fourth-order valence-corrected chi connectivity index (χ4v) is 3.04. The van der Waals surface area contributed by atoms with E-state index in [1.807, 2.05) is 6.92 Å². The first kappa shape index (κ1) is 15.7. The van der Waals surface area contributed by atoms with Gasteiger partial charge >= 0.3 is 0 Å². The van der Waals surface area contributed by atoms with Gasteiger partial charge in [-0.25, -0.2) is 9.97 Å². The van der Waals surface area contributed by atoms with Crippen LogP contribution < -0.4 is 11.5 Å². The van der Waals surface area contributed by atoms with Crippen LogP contribution in [0.5, 0.6) is 0 Å². The van der Waals surface area contributed by atoms with Gasteiger partial charge in [0.1, 0.15) is 17.0 Å². The zero-order chi connectivity index (χ0) is 15.6. The second-order valence-electron chi connectivity index (χ2n) is 5.87. The first-order chi connectivity index (χ1) is 9.89. The molecule has 2 rings (SSSR count). The van der Waals surface area contributed by atoms with Gasteiger partial charge in [0.05, 0.1) is 5.69 Å². The molecular formula is C15H24N4O2. The number of anilines is 1. The van der Waals surface area contributed by atoms with Crippen LogP contribution in [0.1, 0.15) is 61.4 Å². The van der Waals surface area contributed by atoms with Crippen LogP contribution in [0.4, 0.5) is 5.82 Å². The summed E-state index contributed by atoms with van der Waals surface area (Å²) < 4.78 is 6.02. The van der Waals surface area contributed by atoms with E-state index in [-0.39, 0.29) is 11.4 Å². The van der Waals surface area contributed by atoms with Crippen molar-refractivity contribution < 1.29 is 9.53 Å². The molecule has 1 aromatic rings. The molecule has 0 spiro atoms. The Labute approximate surface area is 125 Å². The van der Waals surface area contributed by atoms with Crippen molar-refractivity contribution in [2.75, 3.05) is 12.3 Å². The summed E-state index contributed by atoms with van der Waals surface area (Å²) in [5, 5.41) is 0. The Kier molecular flexibility index (Phi) is 4.46. The number of aromatic nitrogens is 2. The highest BCUT2D eigenvalue weighted by atomic mass is 16.5. The molecule has 0 unspecified atom stereocenters. The average Bonchev–Trinajstić information content (AvgIpc) is 2.40. The standard InChI is InChI=1S/C15H24N4O2/c1-4-21-15(7-5-9(2)6-8-15)14-18-10(3)11(13(17)20)12(16)19-14/h9H,4-8H2,1-3H3,(H2,17,20)(H2,16,18,19). The topological polar surface area (TPSA) is 104 Å². The fourth-order valence-electron chi connectivity index (χ4n) is 3.04. The third-order valence-electron chi connectivity index (χ3n) is 4.27. The summed E-state index contributed by atoms with van der Waals surface area (Å²) in [5.74, 6) is 0.806. The van der Waals surface area contributed by atoms with Crippen LogP contribution in [0, 0.1) is 12.8 Å². The van der Waals surface area contributed by atoms with Gasteiger partial charge in [-0.15, -0.1) is 0 Å². The minimum atomic E-state index is -0.598. The first-order valence-corrected chi connectivity index (χ1v) is 7.48. The molecule has 0 saturated heterocycles. The quantitative estimate of drug-likeness (QED) is 0.882. The number of carbonyl (C=O) groups excluding carboxylic acids is 1. The number of aryl methyl sites for hydroxylation is 1. The van der Waals surface area contributed by atoms with Crippen molar-refractivity contribution in [1.29, 1.82) is 0 Å². The SMILES string of the molecule is CCOC1(c2nc(C)c(C(N)=O)c(N)n2)CCC(C)CC1. The van der Waals surface area contributed by atoms with E-state index in [0.717, 1.165) is 25.7 Å². The predicted molar refractivity (Wildman–Crippen MR) is 80.6 cm³/mol. The van der Waals surface area contributed by atoms with Crippen LogP contribution in [0.3, 0.4) is 0 Å². The number of nitrogen functional groups attached to an aromatic ring is 1. The Bertz CT molecular complexity index is 513. The summed E-state index contributed by atoms with van der Waals surface area (Å²) in [6, 6.07) is 0. The summed E-state index contributed by atoms with van der Waals surface area (Å²) in [5.41, 5.74) is 11.5. The molecule has 0 aliphatic heterocycles. The molecule has 1 aliphatic carbocycles. The Hall–Kier alpha value is -1.69. The van der Waals surface area contributed by atoms with Gasteiger partial charge in [0.15, 0.2) is 5.82 Å². The molecular weight excluding hydrogens is 268 g/mol. The van der Waals surface area contributed by atoms with E-state index in [1.54, 1.807) is 6.92 Å². The maximum absolute atomic E-state index is 11.4. The highest BCUT2D eigenvalue weighted by Crippen LogP contribution is 2.41. The molecule has 1 aromatic heterocycles. The van der Waals surface area contributed by atoms with Crippen LogP contribution in [0.2, 0.25) is 0 Å². The Morgan fingerprint density at radius 1 is 1.38 bits per heavy atom. The highest BCUT2D eigenvalue weighted by Gasteiger charge is 2.40. The molecule has 0 radical (unpaired) electrons. The average molecular weight is 292 g/mol. The van der Waals surface area contributed by atoms with Crippen molar-refractivity contribution in [2.24, 2.45) is 11.7 Å². The van der Waals surface area contributed by atoms with E-state index in [2.05, 4.69) is 16.9 Å². The van der Waals surface area contributed by atoms with Gasteiger partial charge in [-0.2, -0.15) is 0 Å². The lowest BCUT2D eigenvalue weighted by molar-refractivity contribution is -0.0837. The van der Waals surface area contributed by atoms with Gasteiger partial charge < -0.3 is 16.2 Å². The first-order valence-electron chi connectivity index (χ1n) is 7.48. The van der Waals surface area contributed by atoms with Gasteiger partial charge in [-0.3, -0.25) is 4.79 Å². The summed E-state index contributed by atoms with van der Waals surface area (Å²) in [7, 11) is 0. The smallest absolute Gasteiger partial charge is 0.254 e. The number of nitrogens with two attached hydrogens (primary N) is 2. The third kappa shape index (κ3) is 3.00. The van der Waals surface area contributed by atoms with E-state index in [9.17, 15) is 4.79 Å². The number of amides is 1. The van der Waals surface area contributed by atoms with Crippen LogP contribution in [0.25, 0.3) is 0 Å². The molecule has 0 atom stereocenters. The maximum atomic E-state index is 11.4. The lowest BCUT2D eigenvalue weighted by atomic mass is 9.78. The molecule has 21 heavy (non-hydrogen) atoms. The summed E-state index contributed by atoms with van der Waals surface area (Å²) in [4.78, 5) is 20.2. The Balaban J connectivity index is 2.44. The van der Waals surface area contributed by atoms with Crippen molar-refractivity contribution >= 4 is 11.7 Å². The molecule has 0 bridgehead atoms. The molecule has 1 saturated carbocycles. The molecule has 0 aromatic carbocycles. The summed E-state index contributed by atoms with van der Waals surface area (Å²) >= 11 is 0. The number of nitrogens with zero attached hydrogens (tertiary/aromatic N) is 2. The summed E-state index contributed by atoms with van der Waals surface area (Å²) in [6.07, 6.45) is 3.88. The highest BCUT2D eigenvalue weighted by molar-refractivity contribution is 5.98. The van der Waals surface area contributed by atoms with E-state index in [0.29, 0.717) is 24.0 Å². The van der Waals surface area contributed by atoms with Crippen LogP contribution in [-0.4, -0.2) is 22.5 Å². The number of carbonyl (C=O) groups is 1. The number of hydrogen-bond donors (Lipinski definition) is 2. The molecule has 1 fully saturated rings. The minimum Gasteiger partial charge on any atom is -0.383 e. The van der Waals surface area contributed by atoms with Crippen molar-refractivity contribution in [2.45, 2.75) is 52.1 Å². The fraction of sp³-hybridized carbons (Fsp3) is 0.667. The van der Waals surface area contributed by atoms with Gasteiger partial charge in [0, 0.05) is 6.61 Å². The number of ether oxygens (including phenoxy) is 1. The molecule has 4 N–H and O–H groups in total. The predicted octanol–water partition coefficient (Wildman–Crippen LogP) is 1.91. The maximum Gasteiger partial charge on any atom is 0.254 e. The van der Waals surface area contributed by atoms with Gasteiger partial charge in [0.2, 0.25) is 0 Å². The third-order valence-corrected chi connectivity index (χ3v) is 4.27. The minimum absolute atomic E-state index is 0.141. The van der Waals surface area contributed by atoms with Crippen LogP contribution in [-0.2, 0) is 10.3 Å². The second kappa shape index (κ2) is 5.97. The Morgan fingerprint density at radius 3 is 2.48 bits per heavy atom. The van der Waals surface area contributed by atoms with Crippen LogP contribution >= 0.6 is 0 Å². The zero-order valence-corrected chi connectivity index (χ0v) is 13.0. The normalized spacial score (nSPS) is 25.8.